The van der Waals surface area contributed by atoms with Gasteiger partial charge in [-0.2, -0.15) is 0 Å². The maximum Gasteiger partial charge on any atom is 0.338 e. The smallest absolute Gasteiger partial charge is 0.338 e. The molecule has 0 saturated heterocycles. The van der Waals surface area contributed by atoms with Crippen molar-refractivity contribution >= 4 is 29.1 Å². The number of anilines is 3. The Morgan fingerprint density at radius 2 is 1.76 bits per heavy atom. The van der Waals surface area contributed by atoms with E-state index in [2.05, 4.69) is 20.8 Å². The van der Waals surface area contributed by atoms with Crippen molar-refractivity contribution < 1.29 is 23.1 Å². The summed E-state index contributed by atoms with van der Waals surface area (Å²) in [6.07, 6.45) is 0. The van der Waals surface area contributed by atoms with E-state index in [-0.39, 0.29) is 11.4 Å². The molecule has 0 aliphatic heterocycles. The summed E-state index contributed by atoms with van der Waals surface area (Å²) in [4.78, 5) is 23.8. The summed E-state index contributed by atoms with van der Waals surface area (Å²) < 4.78 is 31.5. The summed E-state index contributed by atoms with van der Waals surface area (Å²) in [6, 6.07) is 12.3. The number of esters is 1. The largest absolute Gasteiger partial charge is 0.462 e. The van der Waals surface area contributed by atoms with Crippen molar-refractivity contribution in [1.82, 2.24) is 10.2 Å². The van der Waals surface area contributed by atoms with Crippen molar-refractivity contribution in [3.05, 3.63) is 77.5 Å². The highest BCUT2D eigenvalue weighted by atomic mass is 19.1. The molecule has 0 saturated carbocycles. The number of amides is 1. The number of rotatable bonds is 6. The minimum Gasteiger partial charge on any atom is -0.462 e. The zero-order valence-corrected chi connectivity index (χ0v) is 15.3. The lowest BCUT2D eigenvalue weighted by molar-refractivity contribution is 0.0526. The fourth-order valence-corrected chi connectivity index (χ4v) is 2.35. The SMILES string of the molecule is CCOC(=O)c1ccc(Nc2ccc(C(=O)Nc3ccc(F)cc3F)nn2)cc1. The summed E-state index contributed by atoms with van der Waals surface area (Å²) in [6.45, 7) is 2.02. The molecule has 2 N–H and O–H groups in total. The second-order valence-electron chi connectivity index (χ2n) is 5.80. The lowest BCUT2D eigenvalue weighted by Crippen LogP contribution is -2.15. The van der Waals surface area contributed by atoms with Crippen LogP contribution in [0, 0.1) is 11.6 Å². The van der Waals surface area contributed by atoms with Crippen molar-refractivity contribution in [2.75, 3.05) is 17.2 Å². The summed E-state index contributed by atoms with van der Waals surface area (Å²) >= 11 is 0. The van der Waals surface area contributed by atoms with Crippen LogP contribution in [0.25, 0.3) is 0 Å². The van der Waals surface area contributed by atoms with E-state index < -0.39 is 23.5 Å². The third-order valence-electron chi connectivity index (χ3n) is 3.74. The summed E-state index contributed by atoms with van der Waals surface area (Å²) in [5.74, 6) is -2.37. The lowest BCUT2D eigenvalue weighted by Gasteiger charge is -2.08. The molecule has 0 aliphatic rings. The molecule has 1 aromatic heterocycles. The molecule has 29 heavy (non-hydrogen) atoms. The predicted octanol–water partition coefficient (Wildman–Crippen LogP) is 3.93. The van der Waals surface area contributed by atoms with Crippen LogP contribution in [0.2, 0.25) is 0 Å². The second kappa shape index (κ2) is 8.87. The van der Waals surface area contributed by atoms with E-state index in [1.165, 1.54) is 12.1 Å². The van der Waals surface area contributed by atoms with Gasteiger partial charge in [-0.25, -0.2) is 13.6 Å². The Kier molecular flexibility index (Phi) is 6.08. The van der Waals surface area contributed by atoms with Crippen LogP contribution in [-0.2, 0) is 4.74 Å². The topological polar surface area (TPSA) is 93.2 Å². The molecule has 7 nitrogen and oxygen atoms in total. The number of nitrogens with one attached hydrogen (secondary N) is 2. The van der Waals surface area contributed by atoms with Gasteiger partial charge in [-0.1, -0.05) is 0 Å². The van der Waals surface area contributed by atoms with E-state index in [4.69, 9.17) is 4.74 Å². The highest BCUT2D eigenvalue weighted by Gasteiger charge is 2.12. The molecule has 0 unspecified atom stereocenters. The van der Waals surface area contributed by atoms with Crippen molar-refractivity contribution in [1.29, 1.82) is 0 Å². The van der Waals surface area contributed by atoms with E-state index in [1.54, 1.807) is 31.2 Å². The number of ether oxygens (including phenoxy) is 1. The molecule has 0 fully saturated rings. The number of carbonyl (C=O) groups excluding carboxylic acids is 2. The number of halogens is 2. The average molecular weight is 398 g/mol. The van der Waals surface area contributed by atoms with Gasteiger partial charge in [0, 0.05) is 11.8 Å². The number of aromatic nitrogens is 2. The number of hydrogen-bond donors (Lipinski definition) is 2. The maximum atomic E-state index is 13.6. The third kappa shape index (κ3) is 5.10. The number of carbonyl (C=O) groups is 2. The second-order valence-corrected chi connectivity index (χ2v) is 5.80. The van der Waals surface area contributed by atoms with E-state index in [0.29, 0.717) is 29.7 Å². The molecular weight excluding hydrogens is 382 g/mol. The standard InChI is InChI=1S/C20H16F2N4O3/c1-2-29-20(28)12-3-6-14(7-4-12)23-18-10-9-17(25-26-18)19(27)24-16-8-5-13(21)11-15(16)22/h3-11H,2H2,1H3,(H,23,26)(H,24,27). The first-order valence-electron chi connectivity index (χ1n) is 8.60. The monoisotopic (exact) mass is 398 g/mol. The Morgan fingerprint density at radius 1 is 1.00 bits per heavy atom. The van der Waals surface area contributed by atoms with Crippen molar-refractivity contribution in [3.8, 4) is 0 Å². The quantitative estimate of drug-likeness (QED) is 0.611. The first kappa shape index (κ1) is 19.9. The van der Waals surface area contributed by atoms with Crippen LogP contribution in [-0.4, -0.2) is 28.7 Å². The van der Waals surface area contributed by atoms with Gasteiger partial charge in [0.25, 0.3) is 5.91 Å². The Bertz CT molecular complexity index is 1020. The lowest BCUT2D eigenvalue weighted by atomic mass is 10.2. The zero-order chi connectivity index (χ0) is 20.8. The predicted molar refractivity (Wildman–Crippen MR) is 102 cm³/mol. The molecule has 148 valence electrons. The Balaban J connectivity index is 1.63. The first-order chi connectivity index (χ1) is 14.0. The van der Waals surface area contributed by atoms with E-state index >= 15 is 0 Å². The van der Waals surface area contributed by atoms with Crippen molar-refractivity contribution in [3.63, 3.8) is 0 Å². The van der Waals surface area contributed by atoms with Gasteiger partial charge in [-0.15, -0.1) is 10.2 Å². The molecule has 3 rings (SSSR count). The highest BCUT2D eigenvalue weighted by molar-refractivity contribution is 6.02. The highest BCUT2D eigenvalue weighted by Crippen LogP contribution is 2.17. The average Bonchev–Trinajstić information content (AvgIpc) is 2.71. The van der Waals surface area contributed by atoms with Crippen molar-refractivity contribution in [2.45, 2.75) is 6.92 Å². The van der Waals surface area contributed by atoms with Crippen LogP contribution in [0.15, 0.2) is 54.6 Å². The van der Waals surface area contributed by atoms with Crippen LogP contribution in [0.1, 0.15) is 27.8 Å². The van der Waals surface area contributed by atoms with Crippen LogP contribution in [0.4, 0.5) is 26.0 Å². The van der Waals surface area contributed by atoms with Gasteiger partial charge < -0.3 is 15.4 Å². The molecule has 0 aliphatic carbocycles. The van der Waals surface area contributed by atoms with Gasteiger partial charge in [0.15, 0.2) is 11.5 Å². The summed E-state index contributed by atoms with van der Waals surface area (Å²) in [5, 5.41) is 13.0. The van der Waals surface area contributed by atoms with Crippen molar-refractivity contribution in [2.24, 2.45) is 0 Å². The molecule has 2 aromatic carbocycles. The minimum atomic E-state index is -0.893. The normalized spacial score (nSPS) is 10.3. The fraction of sp³-hybridized carbons (Fsp3) is 0.100. The third-order valence-corrected chi connectivity index (χ3v) is 3.74. The van der Waals surface area contributed by atoms with Gasteiger partial charge in [0.05, 0.1) is 17.9 Å². The minimum absolute atomic E-state index is 0.0445. The Hall–Kier alpha value is -3.88. The number of nitrogens with zero attached hydrogens (tertiary/aromatic N) is 2. The molecule has 3 aromatic rings. The van der Waals surface area contributed by atoms with Gasteiger partial charge in [-0.05, 0) is 55.5 Å². The molecule has 9 heteroatoms. The molecule has 1 amide bonds. The van der Waals surface area contributed by atoms with E-state index in [0.717, 1.165) is 12.1 Å². The van der Waals surface area contributed by atoms with Gasteiger partial charge in [0.1, 0.15) is 11.6 Å². The molecule has 1 heterocycles. The first-order valence-corrected chi connectivity index (χ1v) is 8.60. The van der Waals surface area contributed by atoms with E-state index in [1.807, 2.05) is 0 Å². The maximum absolute atomic E-state index is 13.6. The van der Waals surface area contributed by atoms with Gasteiger partial charge in [0.2, 0.25) is 0 Å². The number of hydrogen-bond acceptors (Lipinski definition) is 6. The Labute approximate surface area is 164 Å². The van der Waals surface area contributed by atoms with Gasteiger partial charge >= 0.3 is 5.97 Å². The van der Waals surface area contributed by atoms with Crippen LogP contribution in [0.3, 0.4) is 0 Å². The summed E-state index contributed by atoms with van der Waals surface area (Å²) in [5.41, 5.74) is 0.862. The molecule has 0 radical (unpaired) electrons. The molecular formula is C20H16F2N4O3. The molecule has 0 atom stereocenters. The van der Waals surface area contributed by atoms with Gasteiger partial charge in [-0.3, -0.25) is 4.79 Å². The number of benzene rings is 2. The molecule has 0 spiro atoms. The molecule has 0 bridgehead atoms. The zero-order valence-electron chi connectivity index (χ0n) is 15.3. The van der Waals surface area contributed by atoms with Crippen LogP contribution >= 0.6 is 0 Å². The van der Waals surface area contributed by atoms with Crippen LogP contribution in [0.5, 0.6) is 0 Å². The fourth-order valence-electron chi connectivity index (χ4n) is 2.35. The Morgan fingerprint density at radius 3 is 2.38 bits per heavy atom. The summed E-state index contributed by atoms with van der Waals surface area (Å²) in [7, 11) is 0. The van der Waals surface area contributed by atoms with E-state index in [9.17, 15) is 18.4 Å². The van der Waals surface area contributed by atoms with Crippen LogP contribution < -0.4 is 10.6 Å².